The summed E-state index contributed by atoms with van der Waals surface area (Å²) in [6.45, 7) is 7.93. The molecule has 0 heterocycles. The van der Waals surface area contributed by atoms with Gasteiger partial charge in [-0.2, -0.15) is 0 Å². The van der Waals surface area contributed by atoms with Gasteiger partial charge >= 0.3 is 0 Å². The highest BCUT2D eigenvalue weighted by atomic mass is 15.1. The van der Waals surface area contributed by atoms with Gasteiger partial charge in [0.15, 0.2) is 0 Å². The summed E-state index contributed by atoms with van der Waals surface area (Å²) in [5, 5.41) is 0. The highest BCUT2D eigenvalue weighted by Crippen LogP contribution is 2.00. The van der Waals surface area contributed by atoms with E-state index in [1.165, 1.54) is 0 Å². The Morgan fingerprint density at radius 3 is 2.67 bits per heavy atom. The van der Waals surface area contributed by atoms with Crippen LogP contribution in [0.3, 0.4) is 0 Å². The Balaban J connectivity index is 3.51. The number of rotatable bonds is 6. The van der Waals surface area contributed by atoms with Crippen molar-refractivity contribution in [3.8, 4) is 12.3 Å². The summed E-state index contributed by atoms with van der Waals surface area (Å²) in [4.78, 5) is 2.26. The lowest BCUT2D eigenvalue weighted by Crippen LogP contribution is -2.27. The van der Waals surface area contributed by atoms with E-state index in [1.807, 2.05) is 0 Å². The topological polar surface area (TPSA) is 29.3 Å². The minimum atomic E-state index is 0.608. The predicted octanol–water partition coefficient (Wildman–Crippen LogP) is 0.926. The Hall–Kier alpha value is -0.520. The second-order valence-electron chi connectivity index (χ2n) is 3.20. The normalized spacial score (nSPS) is 12.9. The fraction of sp³-hybridized carbons (Fsp3) is 0.800. The molecule has 0 aromatic rings. The molecule has 0 saturated heterocycles. The van der Waals surface area contributed by atoms with Crippen molar-refractivity contribution in [2.45, 2.75) is 20.3 Å². The standard InChI is InChI=1S/C10H20N2/c1-4-7-12(5-2)8-6-10(3)9-11/h1,10H,5-9,11H2,2-3H3. The largest absolute Gasteiger partial charge is 0.330 e. The van der Waals surface area contributed by atoms with Crippen LogP contribution < -0.4 is 5.73 Å². The summed E-state index contributed by atoms with van der Waals surface area (Å²) >= 11 is 0. The van der Waals surface area contributed by atoms with Crippen molar-refractivity contribution in [3.05, 3.63) is 0 Å². The van der Waals surface area contributed by atoms with Crippen LogP contribution in [0.4, 0.5) is 0 Å². The van der Waals surface area contributed by atoms with E-state index in [2.05, 4.69) is 24.7 Å². The minimum absolute atomic E-state index is 0.608. The molecule has 0 aliphatic rings. The van der Waals surface area contributed by atoms with Crippen molar-refractivity contribution < 1.29 is 0 Å². The molecule has 1 unspecified atom stereocenters. The van der Waals surface area contributed by atoms with Gasteiger partial charge in [0.25, 0.3) is 0 Å². The van der Waals surface area contributed by atoms with Gasteiger partial charge in [0.1, 0.15) is 0 Å². The Morgan fingerprint density at radius 2 is 2.25 bits per heavy atom. The van der Waals surface area contributed by atoms with Gasteiger partial charge in [-0.25, -0.2) is 0 Å². The van der Waals surface area contributed by atoms with E-state index in [4.69, 9.17) is 12.2 Å². The van der Waals surface area contributed by atoms with Gasteiger partial charge in [-0.1, -0.05) is 19.8 Å². The smallest absolute Gasteiger partial charge is 0.0598 e. The monoisotopic (exact) mass is 168 g/mol. The van der Waals surface area contributed by atoms with E-state index < -0.39 is 0 Å². The van der Waals surface area contributed by atoms with Gasteiger partial charge < -0.3 is 5.73 Å². The second kappa shape index (κ2) is 7.15. The minimum Gasteiger partial charge on any atom is -0.330 e. The van der Waals surface area contributed by atoms with Crippen molar-refractivity contribution in [3.63, 3.8) is 0 Å². The Bertz CT molecular complexity index is 137. The average molecular weight is 168 g/mol. The van der Waals surface area contributed by atoms with E-state index >= 15 is 0 Å². The van der Waals surface area contributed by atoms with Gasteiger partial charge in [0, 0.05) is 0 Å². The summed E-state index contributed by atoms with van der Waals surface area (Å²) in [6, 6.07) is 0. The molecule has 2 nitrogen and oxygen atoms in total. The molecule has 0 aromatic carbocycles. The summed E-state index contributed by atoms with van der Waals surface area (Å²) in [6.07, 6.45) is 6.37. The van der Waals surface area contributed by atoms with Crippen LogP contribution in [0.5, 0.6) is 0 Å². The molecule has 2 heteroatoms. The highest BCUT2D eigenvalue weighted by Gasteiger charge is 2.03. The highest BCUT2D eigenvalue weighted by molar-refractivity contribution is 4.87. The van der Waals surface area contributed by atoms with Crippen LogP contribution in [0.15, 0.2) is 0 Å². The van der Waals surface area contributed by atoms with Crippen molar-refractivity contribution in [1.29, 1.82) is 0 Å². The zero-order valence-electron chi connectivity index (χ0n) is 8.21. The van der Waals surface area contributed by atoms with Crippen LogP contribution in [0.1, 0.15) is 20.3 Å². The molecule has 0 radical (unpaired) electrons. The third-order valence-electron chi connectivity index (χ3n) is 2.10. The Morgan fingerprint density at radius 1 is 1.58 bits per heavy atom. The summed E-state index contributed by atoms with van der Waals surface area (Å²) < 4.78 is 0. The molecule has 2 N–H and O–H groups in total. The van der Waals surface area contributed by atoms with Crippen LogP contribution in [0.2, 0.25) is 0 Å². The van der Waals surface area contributed by atoms with E-state index in [1.54, 1.807) is 0 Å². The molecule has 12 heavy (non-hydrogen) atoms. The molecular weight excluding hydrogens is 148 g/mol. The summed E-state index contributed by atoms with van der Waals surface area (Å²) in [5.74, 6) is 3.26. The summed E-state index contributed by atoms with van der Waals surface area (Å²) in [7, 11) is 0. The molecule has 0 bridgehead atoms. The first-order valence-electron chi connectivity index (χ1n) is 4.60. The van der Waals surface area contributed by atoms with Gasteiger partial charge in [-0.05, 0) is 32.0 Å². The molecule has 0 aromatic heterocycles. The van der Waals surface area contributed by atoms with Crippen LogP contribution in [0, 0.1) is 18.3 Å². The lowest BCUT2D eigenvalue weighted by atomic mass is 10.1. The Kier molecular flexibility index (Phi) is 6.84. The number of hydrogen-bond acceptors (Lipinski definition) is 2. The van der Waals surface area contributed by atoms with Crippen molar-refractivity contribution >= 4 is 0 Å². The molecule has 70 valence electrons. The molecular formula is C10H20N2. The van der Waals surface area contributed by atoms with Crippen molar-refractivity contribution in [1.82, 2.24) is 4.90 Å². The van der Waals surface area contributed by atoms with Crippen LogP contribution >= 0.6 is 0 Å². The fourth-order valence-corrected chi connectivity index (χ4v) is 0.999. The van der Waals surface area contributed by atoms with Gasteiger partial charge in [-0.15, -0.1) is 6.42 Å². The van der Waals surface area contributed by atoms with Crippen LogP contribution in [0.25, 0.3) is 0 Å². The first-order chi connectivity index (χ1) is 5.74. The molecule has 0 fully saturated rings. The third-order valence-corrected chi connectivity index (χ3v) is 2.10. The molecule has 0 aliphatic heterocycles. The lowest BCUT2D eigenvalue weighted by Gasteiger charge is -2.19. The lowest BCUT2D eigenvalue weighted by molar-refractivity contribution is 0.298. The molecule has 0 amide bonds. The van der Waals surface area contributed by atoms with E-state index in [0.717, 1.165) is 32.6 Å². The molecule has 1 atom stereocenters. The maximum atomic E-state index is 5.51. The SMILES string of the molecule is C#CCN(CC)CCC(C)CN. The van der Waals surface area contributed by atoms with Gasteiger partial charge in [-0.3, -0.25) is 4.90 Å². The average Bonchev–Trinajstić information content (AvgIpc) is 2.11. The maximum absolute atomic E-state index is 5.51. The molecule has 0 aliphatic carbocycles. The molecule has 0 saturated carbocycles. The van der Waals surface area contributed by atoms with Gasteiger partial charge in [0.05, 0.1) is 6.54 Å². The number of nitrogens with two attached hydrogens (primary N) is 1. The number of terminal acetylenes is 1. The van der Waals surface area contributed by atoms with Crippen LogP contribution in [-0.4, -0.2) is 31.1 Å². The second-order valence-corrected chi connectivity index (χ2v) is 3.20. The van der Waals surface area contributed by atoms with Crippen molar-refractivity contribution in [2.24, 2.45) is 11.7 Å². The van der Waals surface area contributed by atoms with Gasteiger partial charge in [0.2, 0.25) is 0 Å². The fourth-order valence-electron chi connectivity index (χ4n) is 0.999. The number of nitrogens with zero attached hydrogens (tertiary/aromatic N) is 1. The Labute approximate surface area is 76.1 Å². The van der Waals surface area contributed by atoms with E-state index in [0.29, 0.717) is 5.92 Å². The number of hydrogen-bond donors (Lipinski definition) is 1. The quantitative estimate of drug-likeness (QED) is 0.598. The zero-order valence-corrected chi connectivity index (χ0v) is 8.21. The molecule has 0 spiro atoms. The predicted molar refractivity (Wildman–Crippen MR) is 53.8 cm³/mol. The zero-order chi connectivity index (χ0) is 9.40. The molecule has 0 rings (SSSR count). The first-order valence-corrected chi connectivity index (χ1v) is 4.60. The third kappa shape index (κ3) is 5.17. The summed E-state index contributed by atoms with van der Waals surface area (Å²) in [5.41, 5.74) is 5.51. The maximum Gasteiger partial charge on any atom is 0.0598 e. The van der Waals surface area contributed by atoms with Crippen LogP contribution in [-0.2, 0) is 0 Å². The van der Waals surface area contributed by atoms with Crippen molar-refractivity contribution in [2.75, 3.05) is 26.2 Å². The van der Waals surface area contributed by atoms with E-state index in [9.17, 15) is 0 Å². The first kappa shape index (κ1) is 11.5. The van der Waals surface area contributed by atoms with E-state index in [-0.39, 0.29) is 0 Å².